The molecule has 0 bridgehead atoms. The summed E-state index contributed by atoms with van der Waals surface area (Å²) in [7, 11) is 0. The zero-order valence-electron chi connectivity index (χ0n) is 14.5. The van der Waals surface area contributed by atoms with Crippen molar-refractivity contribution < 1.29 is 18.7 Å². The summed E-state index contributed by atoms with van der Waals surface area (Å²) in [6, 6.07) is 8.30. The molecule has 2 aromatic heterocycles. The summed E-state index contributed by atoms with van der Waals surface area (Å²) < 4.78 is 12.3. The van der Waals surface area contributed by atoms with Crippen LogP contribution in [0.4, 0.5) is 5.82 Å². The molecule has 2 heterocycles. The molecule has 26 heavy (non-hydrogen) atoms. The number of nitrogens with zero attached hydrogens (tertiary/aromatic N) is 2. The predicted molar refractivity (Wildman–Crippen MR) is 97.3 cm³/mol. The standard InChI is InChI=1S/C18H18ClN3O4/c1-10(2)22-16(6-7-20-22)21-17(23)11(3)25-18(24)15-9-12-8-13(19)4-5-14(12)26-15/h4-11H,1-3H3,(H,21,23)/t11-/m0/s1. The molecule has 0 aliphatic heterocycles. The third kappa shape index (κ3) is 3.72. The highest BCUT2D eigenvalue weighted by Crippen LogP contribution is 2.23. The average molecular weight is 376 g/mol. The first kappa shape index (κ1) is 18.0. The van der Waals surface area contributed by atoms with Crippen molar-refractivity contribution in [2.45, 2.75) is 32.9 Å². The second kappa shape index (κ2) is 7.21. The van der Waals surface area contributed by atoms with Gasteiger partial charge in [-0.2, -0.15) is 5.10 Å². The molecule has 8 heteroatoms. The summed E-state index contributed by atoms with van der Waals surface area (Å²) in [6.07, 6.45) is 0.584. The van der Waals surface area contributed by atoms with E-state index in [2.05, 4.69) is 10.4 Å². The van der Waals surface area contributed by atoms with Gasteiger partial charge < -0.3 is 14.5 Å². The molecule has 0 radical (unpaired) electrons. The minimum Gasteiger partial charge on any atom is -0.449 e. The topological polar surface area (TPSA) is 86.4 Å². The molecule has 1 atom stereocenters. The van der Waals surface area contributed by atoms with E-state index in [9.17, 15) is 9.59 Å². The number of rotatable bonds is 5. The number of amides is 1. The van der Waals surface area contributed by atoms with Crippen LogP contribution in [0.1, 0.15) is 37.4 Å². The van der Waals surface area contributed by atoms with Crippen LogP contribution >= 0.6 is 11.6 Å². The van der Waals surface area contributed by atoms with E-state index < -0.39 is 18.0 Å². The van der Waals surface area contributed by atoms with E-state index in [4.69, 9.17) is 20.8 Å². The van der Waals surface area contributed by atoms with Crippen LogP contribution in [0.5, 0.6) is 0 Å². The number of furan rings is 1. The number of ether oxygens (including phenoxy) is 1. The van der Waals surface area contributed by atoms with Gasteiger partial charge in [-0.15, -0.1) is 0 Å². The molecular formula is C18H18ClN3O4. The van der Waals surface area contributed by atoms with E-state index in [0.29, 0.717) is 21.8 Å². The largest absolute Gasteiger partial charge is 0.449 e. The van der Waals surface area contributed by atoms with Crippen LogP contribution in [0.3, 0.4) is 0 Å². The third-order valence-electron chi connectivity index (χ3n) is 3.74. The molecule has 0 saturated heterocycles. The van der Waals surface area contributed by atoms with Crippen molar-refractivity contribution in [1.82, 2.24) is 9.78 Å². The van der Waals surface area contributed by atoms with Gasteiger partial charge in [0, 0.05) is 22.5 Å². The highest BCUT2D eigenvalue weighted by Gasteiger charge is 2.22. The van der Waals surface area contributed by atoms with Crippen LogP contribution < -0.4 is 5.32 Å². The van der Waals surface area contributed by atoms with E-state index in [1.807, 2.05) is 13.8 Å². The van der Waals surface area contributed by atoms with Gasteiger partial charge in [-0.25, -0.2) is 9.48 Å². The summed E-state index contributed by atoms with van der Waals surface area (Å²) in [5, 5.41) is 8.05. The second-order valence-corrected chi connectivity index (χ2v) is 6.52. The predicted octanol–water partition coefficient (Wildman–Crippen LogP) is 4.05. The molecule has 1 amide bonds. The molecule has 1 N–H and O–H groups in total. The Labute approximate surface area is 154 Å². The summed E-state index contributed by atoms with van der Waals surface area (Å²) >= 11 is 5.92. The zero-order valence-corrected chi connectivity index (χ0v) is 15.3. The van der Waals surface area contributed by atoms with Gasteiger partial charge in [0.25, 0.3) is 5.91 Å². The van der Waals surface area contributed by atoms with E-state index in [0.717, 1.165) is 0 Å². The number of benzene rings is 1. The number of carbonyl (C=O) groups is 2. The Bertz CT molecular complexity index is 960. The Hall–Kier alpha value is -2.80. The fraction of sp³-hybridized carbons (Fsp3) is 0.278. The van der Waals surface area contributed by atoms with Crippen molar-refractivity contribution in [1.29, 1.82) is 0 Å². The van der Waals surface area contributed by atoms with Crippen LogP contribution in [0, 0.1) is 0 Å². The molecule has 0 fully saturated rings. The maximum Gasteiger partial charge on any atom is 0.375 e. The summed E-state index contributed by atoms with van der Waals surface area (Å²) in [5.41, 5.74) is 0.513. The van der Waals surface area contributed by atoms with Gasteiger partial charge in [0.15, 0.2) is 6.10 Å². The van der Waals surface area contributed by atoms with Gasteiger partial charge in [-0.05, 0) is 45.0 Å². The lowest BCUT2D eigenvalue weighted by molar-refractivity contribution is -0.123. The van der Waals surface area contributed by atoms with E-state index >= 15 is 0 Å². The van der Waals surface area contributed by atoms with Gasteiger partial charge in [-0.3, -0.25) is 4.79 Å². The quantitative estimate of drug-likeness (QED) is 0.680. The minimum absolute atomic E-state index is 0.00846. The van der Waals surface area contributed by atoms with Crippen LogP contribution in [-0.2, 0) is 9.53 Å². The lowest BCUT2D eigenvalue weighted by atomic mass is 10.2. The van der Waals surface area contributed by atoms with Gasteiger partial charge >= 0.3 is 5.97 Å². The van der Waals surface area contributed by atoms with Crippen LogP contribution in [0.2, 0.25) is 5.02 Å². The van der Waals surface area contributed by atoms with Gasteiger partial charge in [-0.1, -0.05) is 11.6 Å². The highest BCUT2D eigenvalue weighted by molar-refractivity contribution is 6.31. The normalized spacial score (nSPS) is 12.3. The van der Waals surface area contributed by atoms with Crippen LogP contribution in [-0.4, -0.2) is 27.8 Å². The van der Waals surface area contributed by atoms with Crippen molar-refractivity contribution in [2.75, 3.05) is 5.32 Å². The summed E-state index contributed by atoms with van der Waals surface area (Å²) in [5.74, 6) is -0.641. The number of nitrogens with one attached hydrogen (secondary N) is 1. The lowest BCUT2D eigenvalue weighted by Gasteiger charge is -2.15. The molecule has 136 valence electrons. The minimum atomic E-state index is -1.00. The smallest absolute Gasteiger partial charge is 0.375 e. The fourth-order valence-electron chi connectivity index (χ4n) is 2.44. The van der Waals surface area contributed by atoms with Crippen molar-refractivity contribution >= 4 is 40.3 Å². The van der Waals surface area contributed by atoms with Crippen LogP contribution in [0.15, 0.2) is 40.9 Å². The van der Waals surface area contributed by atoms with E-state index in [1.54, 1.807) is 35.1 Å². The monoisotopic (exact) mass is 375 g/mol. The Morgan fingerprint density at radius 1 is 1.23 bits per heavy atom. The van der Waals surface area contributed by atoms with E-state index in [-0.39, 0.29) is 11.8 Å². The van der Waals surface area contributed by atoms with Crippen molar-refractivity contribution in [2.24, 2.45) is 0 Å². The first-order valence-corrected chi connectivity index (χ1v) is 8.47. The van der Waals surface area contributed by atoms with Crippen LogP contribution in [0.25, 0.3) is 11.0 Å². The number of esters is 1. The van der Waals surface area contributed by atoms with Gasteiger partial charge in [0.05, 0.1) is 6.20 Å². The zero-order chi connectivity index (χ0) is 18.8. The van der Waals surface area contributed by atoms with Crippen molar-refractivity contribution in [3.05, 3.63) is 47.3 Å². The number of halogens is 1. The van der Waals surface area contributed by atoms with Gasteiger partial charge in [0.1, 0.15) is 11.4 Å². The Morgan fingerprint density at radius 2 is 2.00 bits per heavy atom. The number of hydrogen-bond acceptors (Lipinski definition) is 5. The number of fused-ring (bicyclic) bond motifs is 1. The highest BCUT2D eigenvalue weighted by atomic mass is 35.5. The lowest BCUT2D eigenvalue weighted by Crippen LogP contribution is -2.31. The van der Waals surface area contributed by atoms with Gasteiger partial charge in [0.2, 0.25) is 5.76 Å². The molecule has 1 aromatic carbocycles. The van der Waals surface area contributed by atoms with Crippen molar-refractivity contribution in [3.63, 3.8) is 0 Å². The SMILES string of the molecule is CC(C)n1nccc1NC(=O)[C@H](C)OC(=O)c1cc2cc(Cl)ccc2o1. The maximum absolute atomic E-state index is 12.3. The third-order valence-corrected chi connectivity index (χ3v) is 3.98. The molecule has 0 aliphatic carbocycles. The summed E-state index contributed by atoms with van der Waals surface area (Å²) in [4.78, 5) is 24.5. The Kier molecular flexibility index (Phi) is 4.99. The number of hydrogen-bond donors (Lipinski definition) is 1. The molecule has 7 nitrogen and oxygen atoms in total. The molecule has 3 aromatic rings. The average Bonchev–Trinajstić information content (AvgIpc) is 3.20. The molecule has 0 unspecified atom stereocenters. The van der Waals surface area contributed by atoms with Crippen molar-refractivity contribution in [3.8, 4) is 0 Å². The van der Waals surface area contributed by atoms with E-state index in [1.165, 1.54) is 13.0 Å². The Balaban J connectivity index is 1.67. The number of aromatic nitrogens is 2. The molecular weight excluding hydrogens is 358 g/mol. The fourth-order valence-corrected chi connectivity index (χ4v) is 2.62. The Morgan fingerprint density at radius 3 is 2.73 bits per heavy atom. The number of anilines is 1. The first-order valence-electron chi connectivity index (χ1n) is 8.09. The molecule has 3 rings (SSSR count). The molecule has 0 aliphatic rings. The summed E-state index contributed by atoms with van der Waals surface area (Å²) in [6.45, 7) is 5.38. The first-order chi connectivity index (χ1) is 12.3. The maximum atomic E-state index is 12.3. The number of carbonyl (C=O) groups excluding carboxylic acids is 2. The molecule has 0 saturated carbocycles. The molecule has 0 spiro atoms. The second-order valence-electron chi connectivity index (χ2n) is 6.08.